The molecule has 4 heteroatoms. The van der Waals surface area contributed by atoms with Gasteiger partial charge in [0.05, 0.1) is 25.9 Å². The summed E-state index contributed by atoms with van der Waals surface area (Å²) in [5, 5.41) is 3.23. The minimum absolute atomic E-state index is 0.309. The van der Waals surface area contributed by atoms with E-state index in [1.54, 1.807) is 6.07 Å². The second kappa shape index (κ2) is 8.45. The molecular formula is C15H21NO3. The van der Waals surface area contributed by atoms with Gasteiger partial charge in [-0.25, -0.2) is 4.79 Å². The van der Waals surface area contributed by atoms with E-state index in [4.69, 9.17) is 9.47 Å². The van der Waals surface area contributed by atoms with Crippen LogP contribution in [0.3, 0.4) is 0 Å². The molecule has 4 nitrogen and oxygen atoms in total. The summed E-state index contributed by atoms with van der Waals surface area (Å²) in [6, 6.07) is 7.40. The average molecular weight is 263 g/mol. The maximum absolute atomic E-state index is 11.6. The predicted octanol–water partition coefficient (Wildman–Crippen LogP) is 2.16. The van der Waals surface area contributed by atoms with Crippen LogP contribution in [0, 0.1) is 0 Å². The molecule has 0 aromatic heterocycles. The average Bonchev–Trinajstić information content (AvgIpc) is 2.42. The molecule has 1 N–H and O–H groups in total. The number of hydrogen-bond donors (Lipinski definition) is 1. The van der Waals surface area contributed by atoms with Gasteiger partial charge in [-0.3, -0.25) is 0 Å². The quantitative estimate of drug-likeness (QED) is 0.443. The van der Waals surface area contributed by atoms with E-state index >= 15 is 0 Å². The van der Waals surface area contributed by atoms with Gasteiger partial charge in [-0.1, -0.05) is 30.4 Å². The normalized spacial score (nSPS) is 10.2. The van der Waals surface area contributed by atoms with Gasteiger partial charge in [-0.15, -0.1) is 0 Å². The van der Waals surface area contributed by atoms with Crippen LogP contribution in [0.15, 0.2) is 36.4 Å². The van der Waals surface area contributed by atoms with Gasteiger partial charge in [0.1, 0.15) is 0 Å². The van der Waals surface area contributed by atoms with Gasteiger partial charge in [0.2, 0.25) is 0 Å². The van der Waals surface area contributed by atoms with Crippen molar-refractivity contribution in [1.82, 2.24) is 5.32 Å². The molecule has 0 amide bonds. The number of rotatable bonds is 8. The van der Waals surface area contributed by atoms with Crippen LogP contribution in [0.4, 0.5) is 0 Å². The summed E-state index contributed by atoms with van der Waals surface area (Å²) in [6.07, 6.45) is 0. The van der Waals surface area contributed by atoms with Gasteiger partial charge in [0, 0.05) is 13.1 Å². The minimum atomic E-state index is -0.309. The van der Waals surface area contributed by atoms with Gasteiger partial charge in [0.25, 0.3) is 0 Å². The number of nitrogens with one attached hydrogen (secondary N) is 1. The van der Waals surface area contributed by atoms with Crippen LogP contribution in [0.25, 0.3) is 0 Å². The molecule has 19 heavy (non-hydrogen) atoms. The second-order valence-electron chi connectivity index (χ2n) is 4.34. The van der Waals surface area contributed by atoms with Crippen molar-refractivity contribution < 1.29 is 14.3 Å². The topological polar surface area (TPSA) is 47.6 Å². The maximum atomic E-state index is 11.6. The monoisotopic (exact) mass is 263 g/mol. The number of esters is 1. The van der Waals surface area contributed by atoms with Crippen LogP contribution < -0.4 is 5.32 Å². The molecule has 0 bridgehead atoms. The van der Waals surface area contributed by atoms with Crippen LogP contribution in [-0.4, -0.2) is 32.8 Å². The largest absolute Gasteiger partial charge is 0.465 e. The third kappa shape index (κ3) is 5.68. The van der Waals surface area contributed by atoms with Gasteiger partial charge < -0.3 is 14.8 Å². The third-order valence-corrected chi connectivity index (χ3v) is 2.51. The number of carbonyl (C=O) groups is 1. The summed E-state index contributed by atoms with van der Waals surface area (Å²) < 4.78 is 10.1. The zero-order chi connectivity index (χ0) is 14.1. The first kappa shape index (κ1) is 15.4. The van der Waals surface area contributed by atoms with Crippen LogP contribution in [0.5, 0.6) is 0 Å². The fraction of sp³-hybridized carbons (Fsp3) is 0.400. The van der Waals surface area contributed by atoms with Crippen molar-refractivity contribution in [3.63, 3.8) is 0 Å². The summed E-state index contributed by atoms with van der Waals surface area (Å²) in [4.78, 5) is 11.6. The van der Waals surface area contributed by atoms with E-state index in [1.165, 1.54) is 7.11 Å². The number of methoxy groups -OCH3 is 1. The molecule has 104 valence electrons. The molecule has 0 heterocycles. The van der Waals surface area contributed by atoms with Crippen LogP contribution in [-0.2, 0) is 16.0 Å². The van der Waals surface area contributed by atoms with Crippen LogP contribution >= 0.6 is 0 Å². The van der Waals surface area contributed by atoms with Crippen molar-refractivity contribution in [2.75, 3.05) is 26.9 Å². The van der Waals surface area contributed by atoms with Crippen molar-refractivity contribution in [1.29, 1.82) is 0 Å². The van der Waals surface area contributed by atoms with Crippen LogP contribution in [0.2, 0.25) is 0 Å². The van der Waals surface area contributed by atoms with E-state index in [0.29, 0.717) is 25.3 Å². The Morgan fingerprint density at radius 3 is 2.79 bits per heavy atom. The molecule has 1 aromatic rings. The first-order valence-corrected chi connectivity index (χ1v) is 6.24. The smallest absolute Gasteiger partial charge is 0.338 e. The zero-order valence-corrected chi connectivity index (χ0v) is 11.6. The van der Waals surface area contributed by atoms with Gasteiger partial charge in [0.15, 0.2) is 0 Å². The Morgan fingerprint density at radius 2 is 2.11 bits per heavy atom. The molecule has 0 aliphatic heterocycles. The molecule has 0 saturated heterocycles. The Labute approximate surface area is 114 Å². The van der Waals surface area contributed by atoms with E-state index in [0.717, 1.165) is 17.7 Å². The molecule has 0 fully saturated rings. The maximum Gasteiger partial charge on any atom is 0.338 e. The summed E-state index contributed by atoms with van der Waals surface area (Å²) >= 11 is 0. The molecule has 1 aromatic carbocycles. The molecule has 0 atom stereocenters. The van der Waals surface area contributed by atoms with E-state index in [-0.39, 0.29) is 5.97 Å². The van der Waals surface area contributed by atoms with Gasteiger partial charge in [-0.2, -0.15) is 0 Å². The Hall–Kier alpha value is -1.65. The highest BCUT2D eigenvalue weighted by atomic mass is 16.5. The Kier molecular flexibility index (Phi) is 6.85. The fourth-order valence-corrected chi connectivity index (χ4v) is 1.60. The summed E-state index contributed by atoms with van der Waals surface area (Å²) in [6.45, 7) is 8.23. The summed E-state index contributed by atoms with van der Waals surface area (Å²) in [5.74, 6) is -0.309. The first-order chi connectivity index (χ1) is 9.15. The number of ether oxygens (including phenoxy) is 2. The number of benzene rings is 1. The zero-order valence-electron chi connectivity index (χ0n) is 11.6. The molecular weight excluding hydrogens is 242 g/mol. The molecule has 0 saturated carbocycles. The van der Waals surface area contributed by atoms with Crippen LogP contribution in [0.1, 0.15) is 22.8 Å². The van der Waals surface area contributed by atoms with Crippen molar-refractivity contribution in [3.05, 3.63) is 47.5 Å². The SMILES string of the molecule is C=C(C)COCCNCc1ccccc1C(=O)OC. The lowest BCUT2D eigenvalue weighted by Crippen LogP contribution is -2.21. The Balaban J connectivity index is 2.37. The molecule has 0 aliphatic rings. The predicted molar refractivity (Wildman–Crippen MR) is 75.1 cm³/mol. The third-order valence-electron chi connectivity index (χ3n) is 2.51. The summed E-state index contributed by atoms with van der Waals surface area (Å²) in [7, 11) is 1.39. The lowest BCUT2D eigenvalue weighted by Gasteiger charge is -2.09. The van der Waals surface area contributed by atoms with Gasteiger partial charge >= 0.3 is 5.97 Å². The second-order valence-corrected chi connectivity index (χ2v) is 4.34. The van der Waals surface area contributed by atoms with E-state index in [1.807, 2.05) is 25.1 Å². The van der Waals surface area contributed by atoms with E-state index < -0.39 is 0 Å². The van der Waals surface area contributed by atoms with Crippen molar-refractivity contribution in [3.8, 4) is 0 Å². The van der Waals surface area contributed by atoms with Crippen molar-refractivity contribution >= 4 is 5.97 Å². The van der Waals surface area contributed by atoms with Crippen molar-refractivity contribution in [2.45, 2.75) is 13.5 Å². The number of hydrogen-bond acceptors (Lipinski definition) is 4. The molecule has 0 spiro atoms. The lowest BCUT2D eigenvalue weighted by molar-refractivity contribution is 0.0599. The Morgan fingerprint density at radius 1 is 1.37 bits per heavy atom. The molecule has 0 unspecified atom stereocenters. The van der Waals surface area contributed by atoms with E-state index in [9.17, 15) is 4.79 Å². The summed E-state index contributed by atoms with van der Waals surface area (Å²) in [5.41, 5.74) is 2.53. The Bertz CT molecular complexity index is 429. The number of carbonyl (C=O) groups excluding carboxylic acids is 1. The highest BCUT2D eigenvalue weighted by molar-refractivity contribution is 5.90. The first-order valence-electron chi connectivity index (χ1n) is 6.24. The molecule has 1 rings (SSSR count). The standard InChI is InChI=1S/C15H21NO3/c1-12(2)11-19-9-8-16-10-13-6-4-5-7-14(13)15(17)18-3/h4-7,16H,1,8-11H2,2-3H3. The fourth-order valence-electron chi connectivity index (χ4n) is 1.60. The highest BCUT2D eigenvalue weighted by Gasteiger charge is 2.09. The van der Waals surface area contributed by atoms with Gasteiger partial charge in [-0.05, 0) is 18.6 Å². The molecule has 0 radical (unpaired) electrons. The minimum Gasteiger partial charge on any atom is -0.465 e. The lowest BCUT2D eigenvalue weighted by atomic mass is 10.1. The highest BCUT2D eigenvalue weighted by Crippen LogP contribution is 2.09. The van der Waals surface area contributed by atoms with Crippen molar-refractivity contribution in [2.24, 2.45) is 0 Å². The molecule has 0 aliphatic carbocycles. The van der Waals surface area contributed by atoms with E-state index in [2.05, 4.69) is 11.9 Å².